The van der Waals surface area contributed by atoms with Gasteiger partial charge in [0.1, 0.15) is 0 Å². The van der Waals surface area contributed by atoms with Crippen LogP contribution in [0.3, 0.4) is 0 Å². The van der Waals surface area contributed by atoms with Crippen LogP contribution in [-0.2, 0) is 11.2 Å². The number of hydrogen-bond donors (Lipinski definition) is 2. The second kappa shape index (κ2) is 8.60. The normalized spacial score (nSPS) is 25.5. The monoisotopic (exact) mass is 335 g/mol. The molecule has 0 aromatic carbocycles. The third-order valence-corrected chi connectivity index (χ3v) is 5.49. The van der Waals surface area contributed by atoms with Crippen molar-refractivity contribution in [3.63, 3.8) is 0 Å². The van der Waals surface area contributed by atoms with Gasteiger partial charge in [-0.2, -0.15) is 0 Å². The lowest BCUT2D eigenvalue weighted by molar-refractivity contribution is -0.122. The number of nitrogens with one attached hydrogen (secondary N) is 1. The first-order valence-electron chi connectivity index (χ1n) is 9.48. The number of amides is 1. The highest BCUT2D eigenvalue weighted by molar-refractivity contribution is 5.76. The Morgan fingerprint density at radius 3 is 2.62 bits per heavy atom. The molecule has 2 atom stereocenters. The Balaban J connectivity index is 1.46. The van der Waals surface area contributed by atoms with Crippen LogP contribution in [0.25, 0.3) is 0 Å². The minimum atomic E-state index is 0.0148. The zero-order chi connectivity index (χ0) is 16.8. The molecule has 1 amide bonds. The Bertz CT molecular complexity index is 525. The Hall–Kier alpha value is -1.43. The molecule has 0 radical (unpaired) electrons. The van der Waals surface area contributed by atoms with E-state index in [2.05, 4.69) is 15.5 Å². The molecule has 2 aliphatic carbocycles. The Morgan fingerprint density at radius 1 is 1.08 bits per heavy atom. The van der Waals surface area contributed by atoms with E-state index in [1.54, 1.807) is 0 Å². The van der Waals surface area contributed by atoms with Gasteiger partial charge in [-0.05, 0) is 25.7 Å². The zero-order valence-corrected chi connectivity index (χ0v) is 14.4. The van der Waals surface area contributed by atoms with Gasteiger partial charge in [0.05, 0.1) is 0 Å². The molecule has 0 spiro atoms. The SMILES string of the molecule is O=C(CCc1nnc(C2CCCC2)o1)NC1CCCCCC1CO. The van der Waals surface area contributed by atoms with Crippen LogP contribution in [0.2, 0.25) is 0 Å². The quantitative estimate of drug-likeness (QED) is 0.780. The fourth-order valence-corrected chi connectivity index (χ4v) is 4.00. The molecule has 2 unspecified atom stereocenters. The maximum atomic E-state index is 12.2. The molecule has 2 saturated carbocycles. The number of nitrogens with zero attached hydrogens (tertiary/aromatic N) is 2. The lowest BCUT2D eigenvalue weighted by Crippen LogP contribution is -2.41. The van der Waals surface area contributed by atoms with Gasteiger partial charge < -0.3 is 14.8 Å². The number of aryl methyl sites for hydroxylation is 1. The maximum Gasteiger partial charge on any atom is 0.220 e. The van der Waals surface area contributed by atoms with Crippen LogP contribution < -0.4 is 5.32 Å². The van der Waals surface area contributed by atoms with Crippen LogP contribution in [0, 0.1) is 5.92 Å². The van der Waals surface area contributed by atoms with Crippen molar-refractivity contribution in [1.82, 2.24) is 15.5 Å². The number of aromatic nitrogens is 2. The van der Waals surface area contributed by atoms with E-state index in [1.165, 1.54) is 19.3 Å². The molecule has 2 aliphatic rings. The molecule has 24 heavy (non-hydrogen) atoms. The lowest BCUT2D eigenvalue weighted by Gasteiger charge is -2.24. The summed E-state index contributed by atoms with van der Waals surface area (Å²) in [7, 11) is 0. The van der Waals surface area contributed by atoms with Crippen molar-refractivity contribution >= 4 is 5.91 Å². The maximum absolute atomic E-state index is 12.2. The number of carbonyl (C=O) groups excluding carboxylic acids is 1. The van der Waals surface area contributed by atoms with Crippen LogP contribution in [0.15, 0.2) is 4.42 Å². The van der Waals surface area contributed by atoms with E-state index in [-0.39, 0.29) is 24.5 Å². The molecule has 1 heterocycles. The molecule has 0 aliphatic heterocycles. The van der Waals surface area contributed by atoms with Gasteiger partial charge in [0.2, 0.25) is 17.7 Å². The number of hydrogen-bond acceptors (Lipinski definition) is 5. The zero-order valence-electron chi connectivity index (χ0n) is 14.4. The number of aliphatic hydroxyl groups excluding tert-OH is 1. The first-order valence-corrected chi connectivity index (χ1v) is 9.48. The summed E-state index contributed by atoms with van der Waals surface area (Å²) in [5, 5.41) is 20.9. The smallest absolute Gasteiger partial charge is 0.220 e. The molecule has 6 nitrogen and oxygen atoms in total. The van der Waals surface area contributed by atoms with Gasteiger partial charge in [-0.15, -0.1) is 10.2 Å². The highest BCUT2D eigenvalue weighted by Gasteiger charge is 2.25. The average molecular weight is 335 g/mol. The molecular formula is C18H29N3O3. The molecule has 6 heteroatoms. The summed E-state index contributed by atoms with van der Waals surface area (Å²) in [6.07, 6.45) is 11.0. The molecule has 2 N–H and O–H groups in total. The van der Waals surface area contributed by atoms with Crippen LogP contribution >= 0.6 is 0 Å². The van der Waals surface area contributed by atoms with Crippen LogP contribution in [-0.4, -0.2) is 33.9 Å². The predicted molar refractivity (Wildman–Crippen MR) is 89.4 cm³/mol. The Kier molecular flexibility index (Phi) is 6.24. The minimum absolute atomic E-state index is 0.0148. The lowest BCUT2D eigenvalue weighted by atomic mass is 9.95. The predicted octanol–water partition coefficient (Wildman–Crippen LogP) is 2.72. The van der Waals surface area contributed by atoms with Crippen LogP contribution in [0.5, 0.6) is 0 Å². The van der Waals surface area contributed by atoms with Gasteiger partial charge in [-0.3, -0.25) is 4.79 Å². The van der Waals surface area contributed by atoms with Crippen molar-refractivity contribution in [3.8, 4) is 0 Å². The standard InChI is InChI=1S/C18H29N3O3/c22-12-14-8-2-1-3-9-15(14)19-16(23)10-11-17-20-21-18(24-17)13-6-4-5-7-13/h13-15,22H,1-12H2,(H,19,23). The second-order valence-electron chi connectivity index (χ2n) is 7.27. The highest BCUT2D eigenvalue weighted by Crippen LogP contribution is 2.33. The average Bonchev–Trinajstić information content (AvgIpc) is 3.22. The number of carbonyl (C=O) groups is 1. The van der Waals surface area contributed by atoms with Crippen molar-refractivity contribution in [2.75, 3.05) is 6.61 Å². The van der Waals surface area contributed by atoms with Gasteiger partial charge in [0, 0.05) is 37.3 Å². The van der Waals surface area contributed by atoms with Crippen LogP contribution in [0.4, 0.5) is 0 Å². The van der Waals surface area contributed by atoms with E-state index >= 15 is 0 Å². The molecule has 3 rings (SSSR count). The van der Waals surface area contributed by atoms with E-state index < -0.39 is 0 Å². The van der Waals surface area contributed by atoms with Crippen molar-refractivity contribution in [1.29, 1.82) is 0 Å². The highest BCUT2D eigenvalue weighted by atomic mass is 16.4. The first kappa shape index (κ1) is 17.4. The molecule has 1 aromatic heterocycles. The van der Waals surface area contributed by atoms with Crippen molar-refractivity contribution in [3.05, 3.63) is 11.8 Å². The van der Waals surface area contributed by atoms with Gasteiger partial charge in [0.15, 0.2) is 0 Å². The summed E-state index contributed by atoms with van der Waals surface area (Å²) in [6, 6.07) is 0.0988. The van der Waals surface area contributed by atoms with Gasteiger partial charge in [0.25, 0.3) is 0 Å². The van der Waals surface area contributed by atoms with Gasteiger partial charge in [-0.25, -0.2) is 0 Å². The van der Waals surface area contributed by atoms with Gasteiger partial charge >= 0.3 is 0 Å². The van der Waals surface area contributed by atoms with Crippen molar-refractivity contribution < 1.29 is 14.3 Å². The topological polar surface area (TPSA) is 88.2 Å². The van der Waals surface area contributed by atoms with E-state index in [1.807, 2.05) is 0 Å². The largest absolute Gasteiger partial charge is 0.425 e. The molecule has 2 fully saturated rings. The van der Waals surface area contributed by atoms with E-state index in [0.29, 0.717) is 24.7 Å². The van der Waals surface area contributed by atoms with Crippen molar-refractivity contribution in [2.24, 2.45) is 5.92 Å². The molecule has 134 valence electrons. The van der Waals surface area contributed by atoms with Gasteiger partial charge in [-0.1, -0.05) is 32.1 Å². The molecule has 0 bridgehead atoms. The van der Waals surface area contributed by atoms with Crippen molar-refractivity contribution in [2.45, 2.75) is 82.6 Å². The Labute approximate surface area is 143 Å². The van der Waals surface area contributed by atoms with Crippen LogP contribution in [0.1, 0.15) is 81.9 Å². The third-order valence-electron chi connectivity index (χ3n) is 5.49. The summed E-state index contributed by atoms with van der Waals surface area (Å²) >= 11 is 0. The number of aliphatic hydroxyl groups is 1. The molecular weight excluding hydrogens is 306 g/mol. The summed E-state index contributed by atoms with van der Waals surface area (Å²) in [5.74, 6) is 1.92. The second-order valence-corrected chi connectivity index (χ2v) is 7.27. The summed E-state index contributed by atoms with van der Waals surface area (Å²) in [4.78, 5) is 12.2. The fraction of sp³-hybridized carbons (Fsp3) is 0.833. The van der Waals surface area contributed by atoms with E-state index in [4.69, 9.17) is 4.42 Å². The molecule has 0 saturated heterocycles. The number of rotatable bonds is 6. The first-order chi connectivity index (χ1) is 11.8. The van der Waals surface area contributed by atoms with E-state index in [0.717, 1.165) is 44.4 Å². The fourth-order valence-electron chi connectivity index (χ4n) is 4.00. The minimum Gasteiger partial charge on any atom is -0.425 e. The molecule has 1 aromatic rings. The summed E-state index contributed by atoms with van der Waals surface area (Å²) < 4.78 is 5.73. The van der Waals surface area contributed by atoms with E-state index in [9.17, 15) is 9.90 Å². The third kappa shape index (κ3) is 4.56. The summed E-state index contributed by atoms with van der Waals surface area (Å²) in [6.45, 7) is 0.152. The summed E-state index contributed by atoms with van der Waals surface area (Å²) in [5.41, 5.74) is 0. The Morgan fingerprint density at radius 2 is 1.83 bits per heavy atom.